The molecule has 0 radical (unpaired) electrons. The molecule has 0 saturated heterocycles. The number of fused-ring (bicyclic) bond motifs is 1. The zero-order valence-electron chi connectivity index (χ0n) is 12.4. The van der Waals surface area contributed by atoms with Crippen LogP contribution in [0.1, 0.15) is 24.4 Å². The minimum atomic E-state index is -0.776. The maximum absolute atomic E-state index is 12.9. The Bertz CT molecular complexity index is 897. The maximum atomic E-state index is 12.9. The van der Waals surface area contributed by atoms with Crippen molar-refractivity contribution in [2.75, 3.05) is 5.32 Å². The highest BCUT2D eigenvalue weighted by atomic mass is 19.1. The molecule has 3 aromatic rings. The average molecular weight is 315 g/mol. The van der Waals surface area contributed by atoms with E-state index in [2.05, 4.69) is 20.4 Å². The summed E-state index contributed by atoms with van der Waals surface area (Å²) in [5.74, 6) is 1.60. The van der Waals surface area contributed by atoms with E-state index in [9.17, 15) is 9.18 Å². The van der Waals surface area contributed by atoms with Gasteiger partial charge in [-0.3, -0.25) is 4.79 Å². The Kier molecular flexibility index (Phi) is 3.10. The lowest BCUT2D eigenvalue weighted by Gasteiger charge is -2.06. The predicted molar refractivity (Wildman–Crippen MR) is 79.4 cm³/mol. The molecule has 0 unspecified atom stereocenters. The van der Waals surface area contributed by atoms with Crippen molar-refractivity contribution in [1.82, 2.24) is 19.6 Å². The van der Waals surface area contributed by atoms with Gasteiger partial charge in [-0.05, 0) is 31.9 Å². The standard InChI is InChI=1S/C15H14FN5O2/c1-8-2-5-10(23-8)13-14-18-11(6-16)20-21(14)7-12(17-13)19-15(22)9-3-4-9/h2,5,7,9H,3-4,6H2,1H3,(H,19,22). The van der Waals surface area contributed by atoms with E-state index >= 15 is 0 Å². The Morgan fingerprint density at radius 1 is 1.43 bits per heavy atom. The lowest BCUT2D eigenvalue weighted by atomic mass is 10.3. The topological polar surface area (TPSA) is 85.3 Å². The van der Waals surface area contributed by atoms with Crippen LogP contribution < -0.4 is 5.32 Å². The zero-order valence-corrected chi connectivity index (χ0v) is 12.4. The smallest absolute Gasteiger partial charge is 0.228 e. The van der Waals surface area contributed by atoms with Crippen LogP contribution in [0.15, 0.2) is 22.7 Å². The van der Waals surface area contributed by atoms with E-state index in [4.69, 9.17) is 4.42 Å². The molecule has 1 aliphatic rings. The van der Waals surface area contributed by atoms with Crippen molar-refractivity contribution in [2.45, 2.75) is 26.4 Å². The number of halogens is 1. The summed E-state index contributed by atoms with van der Waals surface area (Å²) in [7, 11) is 0. The number of carbonyl (C=O) groups excluding carboxylic acids is 1. The van der Waals surface area contributed by atoms with Crippen molar-refractivity contribution in [3.05, 3.63) is 29.9 Å². The minimum Gasteiger partial charge on any atom is -0.460 e. The molecule has 8 heteroatoms. The van der Waals surface area contributed by atoms with Crippen LogP contribution in [0.5, 0.6) is 0 Å². The number of hydrogen-bond donors (Lipinski definition) is 1. The highest BCUT2D eigenvalue weighted by Crippen LogP contribution is 2.31. The number of aryl methyl sites for hydroxylation is 1. The lowest BCUT2D eigenvalue weighted by Crippen LogP contribution is -2.15. The molecule has 0 bridgehead atoms. The second kappa shape index (κ2) is 5.15. The third-order valence-corrected chi connectivity index (χ3v) is 3.66. The highest BCUT2D eigenvalue weighted by Gasteiger charge is 2.30. The molecule has 0 atom stereocenters. The molecule has 3 heterocycles. The number of nitrogens with one attached hydrogen (secondary N) is 1. The van der Waals surface area contributed by atoms with Gasteiger partial charge in [0.2, 0.25) is 5.91 Å². The molecule has 7 nitrogen and oxygen atoms in total. The summed E-state index contributed by atoms with van der Waals surface area (Å²) in [6.45, 7) is 1.04. The normalized spacial score (nSPS) is 14.3. The number of carbonyl (C=O) groups is 1. The summed E-state index contributed by atoms with van der Waals surface area (Å²) in [6, 6.07) is 3.56. The molecule has 4 rings (SSSR count). The monoisotopic (exact) mass is 315 g/mol. The number of furan rings is 1. The van der Waals surface area contributed by atoms with Crippen molar-refractivity contribution in [3.63, 3.8) is 0 Å². The van der Waals surface area contributed by atoms with E-state index in [0.717, 1.165) is 18.6 Å². The van der Waals surface area contributed by atoms with Crippen LogP contribution in [0, 0.1) is 12.8 Å². The van der Waals surface area contributed by atoms with Gasteiger partial charge >= 0.3 is 0 Å². The summed E-state index contributed by atoms with van der Waals surface area (Å²) >= 11 is 0. The number of hydrogen-bond acceptors (Lipinski definition) is 5. The molecule has 1 aliphatic carbocycles. The maximum Gasteiger partial charge on any atom is 0.228 e. The van der Waals surface area contributed by atoms with Gasteiger partial charge in [-0.15, -0.1) is 5.10 Å². The van der Waals surface area contributed by atoms with E-state index in [-0.39, 0.29) is 17.6 Å². The van der Waals surface area contributed by atoms with Crippen molar-refractivity contribution in [2.24, 2.45) is 5.92 Å². The summed E-state index contributed by atoms with van der Waals surface area (Å²) in [4.78, 5) is 20.5. The number of alkyl halides is 1. The fraction of sp³-hybridized carbons (Fsp3) is 0.333. The molecular formula is C15H14FN5O2. The van der Waals surface area contributed by atoms with Crippen molar-refractivity contribution >= 4 is 17.4 Å². The Labute approximate surface area is 130 Å². The molecule has 1 N–H and O–H groups in total. The van der Waals surface area contributed by atoms with Crippen LogP contribution in [0.2, 0.25) is 0 Å². The number of anilines is 1. The average Bonchev–Trinajstić information content (AvgIpc) is 3.17. The van der Waals surface area contributed by atoms with Crippen molar-refractivity contribution in [1.29, 1.82) is 0 Å². The summed E-state index contributed by atoms with van der Waals surface area (Å²) < 4.78 is 19.9. The number of aromatic nitrogens is 4. The van der Waals surface area contributed by atoms with Crippen molar-refractivity contribution < 1.29 is 13.6 Å². The lowest BCUT2D eigenvalue weighted by molar-refractivity contribution is -0.117. The molecule has 118 valence electrons. The fourth-order valence-corrected chi connectivity index (χ4v) is 2.35. The number of rotatable bonds is 4. The Hall–Kier alpha value is -2.77. The third kappa shape index (κ3) is 2.56. The van der Waals surface area contributed by atoms with E-state index in [1.165, 1.54) is 10.7 Å². The molecule has 1 saturated carbocycles. The zero-order chi connectivity index (χ0) is 16.0. The van der Waals surface area contributed by atoms with Gasteiger partial charge < -0.3 is 9.73 Å². The van der Waals surface area contributed by atoms with Gasteiger partial charge in [-0.2, -0.15) is 0 Å². The quantitative estimate of drug-likeness (QED) is 0.799. The minimum absolute atomic E-state index is 0.0546. The third-order valence-electron chi connectivity index (χ3n) is 3.66. The van der Waals surface area contributed by atoms with E-state index in [1.807, 2.05) is 6.92 Å². The Morgan fingerprint density at radius 3 is 2.91 bits per heavy atom. The van der Waals surface area contributed by atoms with E-state index in [1.54, 1.807) is 12.1 Å². The van der Waals surface area contributed by atoms with Gasteiger partial charge in [0.05, 0.1) is 6.20 Å². The SMILES string of the molecule is Cc1ccc(-c2nc(NC(=O)C3CC3)cn3nc(CF)nc23)o1. The summed E-state index contributed by atoms with van der Waals surface area (Å²) in [5.41, 5.74) is 0.801. The summed E-state index contributed by atoms with van der Waals surface area (Å²) in [6.07, 6.45) is 3.32. The molecule has 0 aromatic carbocycles. The van der Waals surface area contributed by atoms with Gasteiger partial charge in [0.15, 0.2) is 35.4 Å². The predicted octanol–water partition coefficient (Wildman–Crippen LogP) is 2.51. The molecule has 23 heavy (non-hydrogen) atoms. The first-order valence-corrected chi connectivity index (χ1v) is 7.34. The molecular weight excluding hydrogens is 301 g/mol. The van der Waals surface area contributed by atoms with Gasteiger partial charge in [0.25, 0.3) is 0 Å². The van der Waals surface area contributed by atoms with Crippen LogP contribution in [-0.2, 0) is 11.5 Å². The van der Waals surface area contributed by atoms with Crippen molar-refractivity contribution in [3.8, 4) is 11.5 Å². The molecule has 0 spiro atoms. The van der Waals surface area contributed by atoms with E-state index < -0.39 is 6.67 Å². The first-order valence-electron chi connectivity index (χ1n) is 7.34. The van der Waals surface area contributed by atoms with Crippen LogP contribution in [0.25, 0.3) is 17.1 Å². The number of amides is 1. The molecule has 0 aliphatic heterocycles. The van der Waals surface area contributed by atoms with Crippen LogP contribution >= 0.6 is 0 Å². The molecule has 1 amide bonds. The first-order chi connectivity index (χ1) is 11.1. The second-order valence-electron chi connectivity index (χ2n) is 5.58. The largest absolute Gasteiger partial charge is 0.460 e. The molecule has 1 fully saturated rings. The van der Waals surface area contributed by atoms with Crippen LogP contribution in [0.3, 0.4) is 0 Å². The highest BCUT2D eigenvalue weighted by molar-refractivity contribution is 5.93. The first kappa shape index (κ1) is 13.9. The van der Waals surface area contributed by atoms with Crippen LogP contribution in [0.4, 0.5) is 10.2 Å². The van der Waals surface area contributed by atoms with E-state index in [0.29, 0.717) is 22.9 Å². The van der Waals surface area contributed by atoms with Gasteiger partial charge in [0, 0.05) is 5.92 Å². The fourth-order valence-electron chi connectivity index (χ4n) is 2.35. The Balaban J connectivity index is 1.83. The number of nitrogens with zero attached hydrogens (tertiary/aromatic N) is 4. The second-order valence-corrected chi connectivity index (χ2v) is 5.58. The van der Waals surface area contributed by atoms with Gasteiger partial charge in [0.1, 0.15) is 5.76 Å². The Morgan fingerprint density at radius 2 is 2.26 bits per heavy atom. The van der Waals surface area contributed by atoms with Crippen LogP contribution in [-0.4, -0.2) is 25.5 Å². The van der Waals surface area contributed by atoms with Gasteiger partial charge in [-0.1, -0.05) is 0 Å². The molecule has 3 aromatic heterocycles. The van der Waals surface area contributed by atoms with Gasteiger partial charge in [-0.25, -0.2) is 18.9 Å². The summed E-state index contributed by atoms with van der Waals surface area (Å²) in [5, 5.41) is 6.82.